The molecular weight excluding hydrogens is 218 g/mol. The van der Waals surface area contributed by atoms with Crippen molar-refractivity contribution in [3.05, 3.63) is 34.9 Å². The van der Waals surface area contributed by atoms with Gasteiger partial charge in [0.1, 0.15) is 0 Å². The molecule has 0 atom stereocenters. The van der Waals surface area contributed by atoms with E-state index in [1.165, 1.54) is 37.7 Å². The van der Waals surface area contributed by atoms with Crippen molar-refractivity contribution in [1.82, 2.24) is 5.32 Å². The number of halogens is 1. The predicted molar refractivity (Wildman–Crippen MR) is 69.8 cm³/mol. The first-order valence-corrected chi connectivity index (χ1v) is 6.56. The van der Waals surface area contributed by atoms with Crippen LogP contribution >= 0.6 is 11.6 Å². The van der Waals surface area contributed by atoms with Crippen LogP contribution in [0.5, 0.6) is 0 Å². The average molecular weight is 238 g/mol. The van der Waals surface area contributed by atoms with Crippen molar-refractivity contribution in [2.75, 3.05) is 0 Å². The van der Waals surface area contributed by atoms with Gasteiger partial charge in [-0.25, -0.2) is 0 Å². The molecule has 1 aromatic rings. The fourth-order valence-corrected chi connectivity index (χ4v) is 2.66. The number of nitrogens with one attached hydrogen (secondary N) is 1. The topological polar surface area (TPSA) is 12.0 Å². The molecule has 16 heavy (non-hydrogen) atoms. The van der Waals surface area contributed by atoms with Gasteiger partial charge in [-0.15, -0.1) is 0 Å². The summed E-state index contributed by atoms with van der Waals surface area (Å²) in [5, 5.41) is 4.54. The van der Waals surface area contributed by atoms with Gasteiger partial charge >= 0.3 is 0 Å². The highest BCUT2D eigenvalue weighted by molar-refractivity contribution is 6.31. The molecule has 0 aliphatic heterocycles. The van der Waals surface area contributed by atoms with Crippen LogP contribution in [0.4, 0.5) is 0 Å². The molecule has 0 heterocycles. The van der Waals surface area contributed by atoms with Crippen molar-refractivity contribution in [3.8, 4) is 0 Å². The van der Waals surface area contributed by atoms with Crippen LogP contribution < -0.4 is 5.32 Å². The van der Waals surface area contributed by atoms with Crippen LogP contribution in [0, 0.1) is 0 Å². The molecule has 0 unspecified atom stereocenters. The zero-order valence-electron chi connectivity index (χ0n) is 9.93. The summed E-state index contributed by atoms with van der Waals surface area (Å²) in [6, 6.07) is 8.09. The highest BCUT2D eigenvalue weighted by Crippen LogP contribution is 2.28. The van der Waals surface area contributed by atoms with E-state index in [9.17, 15) is 0 Å². The van der Waals surface area contributed by atoms with E-state index in [1.54, 1.807) is 0 Å². The molecule has 1 aliphatic rings. The first kappa shape index (κ1) is 11.9. The van der Waals surface area contributed by atoms with Crippen molar-refractivity contribution >= 4 is 11.6 Å². The fraction of sp³-hybridized carbons (Fsp3) is 0.571. The first-order chi connectivity index (χ1) is 7.70. The molecule has 0 saturated heterocycles. The standard InChI is InChI=1S/C14H20ClN/c1-14(9-5-2-6-10-14)16-11-12-7-3-4-8-13(12)15/h3-4,7-8,16H,2,5-6,9-11H2,1H3. The van der Waals surface area contributed by atoms with Gasteiger partial charge in [0.25, 0.3) is 0 Å². The summed E-state index contributed by atoms with van der Waals surface area (Å²) in [4.78, 5) is 0. The van der Waals surface area contributed by atoms with E-state index in [1.807, 2.05) is 18.2 Å². The Morgan fingerprint density at radius 2 is 1.88 bits per heavy atom. The third-order valence-electron chi connectivity index (χ3n) is 3.62. The van der Waals surface area contributed by atoms with Crippen LogP contribution in [-0.4, -0.2) is 5.54 Å². The van der Waals surface area contributed by atoms with E-state index in [0.717, 1.165) is 11.6 Å². The number of hydrogen-bond donors (Lipinski definition) is 1. The van der Waals surface area contributed by atoms with Crippen LogP contribution in [0.2, 0.25) is 5.02 Å². The van der Waals surface area contributed by atoms with E-state index in [4.69, 9.17) is 11.6 Å². The summed E-state index contributed by atoms with van der Waals surface area (Å²) in [7, 11) is 0. The summed E-state index contributed by atoms with van der Waals surface area (Å²) < 4.78 is 0. The Bertz CT molecular complexity index is 342. The molecule has 1 fully saturated rings. The van der Waals surface area contributed by atoms with Crippen LogP contribution in [-0.2, 0) is 6.54 Å². The lowest BCUT2D eigenvalue weighted by Gasteiger charge is -2.35. The van der Waals surface area contributed by atoms with Gasteiger partial charge in [0.05, 0.1) is 0 Å². The molecule has 1 N–H and O–H groups in total. The summed E-state index contributed by atoms with van der Waals surface area (Å²) in [5.41, 5.74) is 1.52. The van der Waals surface area contributed by atoms with E-state index < -0.39 is 0 Å². The Hall–Kier alpha value is -0.530. The molecule has 1 nitrogen and oxygen atoms in total. The molecule has 2 heteroatoms. The van der Waals surface area contributed by atoms with Gasteiger partial charge in [0.15, 0.2) is 0 Å². The number of hydrogen-bond acceptors (Lipinski definition) is 1. The smallest absolute Gasteiger partial charge is 0.0450 e. The molecule has 0 bridgehead atoms. The summed E-state index contributed by atoms with van der Waals surface area (Å²) >= 11 is 6.15. The van der Waals surface area contributed by atoms with Crippen LogP contribution in [0.1, 0.15) is 44.6 Å². The Balaban J connectivity index is 1.94. The zero-order valence-corrected chi connectivity index (χ0v) is 10.7. The van der Waals surface area contributed by atoms with Crippen molar-refractivity contribution in [2.45, 2.75) is 51.1 Å². The quantitative estimate of drug-likeness (QED) is 0.833. The predicted octanol–water partition coefficient (Wildman–Crippen LogP) is 4.15. The minimum absolute atomic E-state index is 0.317. The molecule has 0 radical (unpaired) electrons. The normalized spacial score (nSPS) is 19.6. The summed E-state index contributed by atoms with van der Waals surface area (Å²) in [6.07, 6.45) is 6.68. The third-order valence-corrected chi connectivity index (χ3v) is 3.99. The molecule has 2 rings (SSSR count). The van der Waals surface area contributed by atoms with Gasteiger partial charge in [-0.2, -0.15) is 0 Å². The zero-order chi connectivity index (χ0) is 11.4. The number of rotatable bonds is 3. The Morgan fingerprint density at radius 1 is 1.19 bits per heavy atom. The Morgan fingerprint density at radius 3 is 2.56 bits per heavy atom. The van der Waals surface area contributed by atoms with Crippen molar-refractivity contribution in [3.63, 3.8) is 0 Å². The molecular formula is C14H20ClN. The second-order valence-corrected chi connectivity index (χ2v) is 5.47. The van der Waals surface area contributed by atoms with Gasteiger partial charge in [-0.3, -0.25) is 0 Å². The third kappa shape index (κ3) is 2.99. The highest BCUT2D eigenvalue weighted by Gasteiger charge is 2.25. The van der Waals surface area contributed by atoms with Crippen LogP contribution in [0.25, 0.3) is 0 Å². The van der Waals surface area contributed by atoms with Gasteiger partial charge in [-0.05, 0) is 31.4 Å². The second kappa shape index (κ2) is 5.20. The number of benzene rings is 1. The van der Waals surface area contributed by atoms with Crippen molar-refractivity contribution in [1.29, 1.82) is 0 Å². The van der Waals surface area contributed by atoms with Crippen molar-refractivity contribution in [2.24, 2.45) is 0 Å². The molecule has 0 spiro atoms. The fourth-order valence-electron chi connectivity index (χ4n) is 2.46. The van der Waals surface area contributed by atoms with Crippen LogP contribution in [0.3, 0.4) is 0 Å². The van der Waals surface area contributed by atoms with E-state index in [0.29, 0.717) is 5.54 Å². The van der Waals surface area contributed by atoms with E-state index >= 15 is 0 Å². The molecule has 0 aromatic heterocycles. The van der Waals surface area contributed by atoms with Crippen molar-refractivity contribution < 1.29 is 0 Å². The lowest BCUT2D eigenvalue weighted by Crippen LogP contribution is -2.43. The van der Waals surface area contributed by atoms with E-state index in [-0.39, 0.29) is 0 Å². The Labute approximate surface area is 103 Å². The molecule has 1 aliphatic carbocycles. The molecule has 1 aromatic carbocycles. The lowest BCUT2D eigenvalue weighted by atomic mass is 9.83. The minimum Gasteiger partial charge on any atom is -0.307 e. The Kier molecular flexibility index (Phi) is 3.88. The first-order valence-electron chi connectivity index (χ1n) is 6.18. The van der Waals surface area contributed by atoms with Crippen LogP contribution in [0.15, 0.2) is 24.3 Å². The maximum absolute atomic E-state index is 6.15. The molecule has 88 valence electrons. The molecule has 1 saturated carbocycles. The summed E-state index contributed by atoms with van der Waals surface area (Å²) in [6.45, 7) is 3.22. The highest BCUT2D eigenvalue weighted by atomic mass is 35.5. The monoisotopic (exact) mass is 237 g/mol. The minimum atomic E-state index is 0.317. The van der Waals surface area contributed by atoms with Gasteiger partial charge in [-0.1, -0.05) is 49.1 Å². The maximum atomic E-state index is 6.15. The van der Waals surface area contributed by atoms with Gasteiger partial charge in [0, 0.05) is 17.1 Å². The average Bonchev–Trinajstić information content (AvgIpc) is 2.29. The van der Waals surface area contributed by atoms with Gasteiger partial charge < -0.3 is 5.32 Å². The second-order valence-electron chi connectivity index (χ2n) is 5.07. The summed E-state index contributed by atoms with van der Waals surface area (Å²) in [5.74, 6) is 0. The maximum Gasteiger partial charge on any atom is 0.0450 e. The lowest BCUT2D eigenvalue weighted by molar-refractivity contribution is 0.252. The SMILES string of the molecule is CC1(NCc2ccccc2Cl)CCCCC1. The molecule has 0 amide bonds. The largest absolute Gasteiger partial charge is 0.307 e. The van der Waals surface area contributed by atoms with Gasteiger partial charge in [0.2, 0.25) is 0 Å². The van der Waals surface area contributed by atoms with E-state index in [2.05, 4.69) is 18.3 Å².